The van der Waals surface area contributed by atoms with Gasteiger partial charge in [-0.2, -0.15) is 0 Å². The average Bonchev–Trinajstić information content (AvgIpc) is 2.32. The van der Waals surface area contributed by atoms with Gasteiger partial charge in [-0.3, -0.25) is 0 Å². The van der Waals surface area contributed by atoms with Crippen LogP contribution in [0.4, 0.5) is 0 Å². The highest BCUT2D eigenvalue weighted by Crippen LogP contribution is 2.29. The summed E-state index contributed by atoms with van der Waals surface area (Å²) < 4.78 is 5.60. The molecule has 1 saturated heterocycles. The summed E-state index contributed by atoms with van der Waals surface area (Å²) in [6.45, 7) is 7.10. The molecule has 3 heteroatoms. The smallest absolute Gasteiger partial charge is 0.0603 e. The molecule has 0 amide bonds. The number of hydrogen-bond acceptors (Lipinski definition) is 3. The number of thioether (sulfide) groups is 1. The highest BCUT2D eigenvalue weighted by Gasteiger charge is 2.25. The van der Waals surface area contributed by atoms with Crippen LogP contribution in [0.25, 0.3) is 0 Å². The van der Waals surface area contributed by atoms with Crippen molar-refractivity contribution in [2.75, 3.05) is 19.8 Å². The molecule has 0 bridgehead atoms. The molecule has 1 aromatic rings. The molecule has 1 aliphatic rings. The first-order valence-corrected chi connectivity index (χ1v) is 7.22. The van der Waals surface area contributed by atoms with E-state index in [1.165, 1.54) is 10.5 Å². The van der Waals surface area contributed by atoms with Gasteiger partial charge in [0, 0.05) is 22.8 Å². The van der Waals surface area contributed by atoms with Gasteiger partial charge in [-0.1, -0.05) is 24.6 Å². The highest BCUT2D eigenvalue weighted by atomic mass is 32.2. The molecule has 1 heterocycles. The minimum atomic E-state index is 0.533. The molecular weight excluding hydrogens is 230 g/mol. The van der Waals surface area contributed by atoms with Crippen LogP contribution in [0.15, 0.2) is 29.2 Å². The topological polar surface area (TPSA) is 21.3 Å². The van der Waals surface area contributed by atoms with Crippen molar-refractivity contribution >= 4 is 11.8 Å². The van der Waals surface area contributed by atoms with E-state index in [9.17, 15) is 0 Å². The lowest BCUT2D eigenvalue weighted by Gasteiger charge is -2.31. The third kappa shape index (κ3) is 3.73. The van der Waals surface area contributed by atoms with Crippen LogP contribution >= 0.6 is 11.8 Å². The maximum atomic E-state index is 5.60. The van der Waals surface area contributed by atoms with Crippen LogP contribution in [-0.4, -0.2) is 31.1 Å². The van der Waals surface area contributed by atoms with Gasteiger partial charge in [-0.25, -0.2) is 0 Å². The van der Waals surface area contributed by atoms with Crippen molar-refractivity contribution in [1.82, 2.24) is 5.32 Å². The van der Waals surface area contributed by atoms with Gasteiger partial charge in [-0.15, -0.1) is 11.8 Å². The van der Waals surface area contributed by atoms with E-state index in [1.807, 2.05) is 11.8 Å². The van der Waals surface area contributed by atoms with Crippen molar-refractivity contribution in [2.24, 2.45) is 0 Å². The van der Waals surface area contributed by atoms with E-state index < -0.39 is 0 Å². The van der Waals surface area contributed by atoms with Gasteiger partial charge in [0.05, 0.1) is 6.61 Å². The molecular formula is C14H21NOS. The van der Waals surface area contributed by atoms with Gasteiger partial charge in [0.2, 0.25) is 0 Å². The van der Waals surface area contributed by atoms with Gasteiger partial charge in [-0.05, 0) is 32.0 Å². The Morgan fingerprint density at radius 1 is 1.47 bits per heavy atom. The molecule has 0 aliphatic carbocycles. The molecule has 0 spiro atoms. The summed E-state index contributed by atoms with van der Waals surface area (Å²) in [5.41, 5.74) is 1.33. The van der Waals surface area contributed by atoms with E-state index in [2.05, 4.69) is 43.4 Å². The molecule has 2 unspecified atom stereocenters. The molecule has 1 aromatic carbocycles. The zero-order valence-corrected chi connectivity index (χ0v) is 11.4. The zero-order chi connectivity index (χ0) is 12.1. The fourth-order valence-electron chi connectivity index (χ4n) is 2.19. The Bertz CT molecular complexity index is 354. The molecule has 2 atom stereocenters. The van der Waals surface area contributed by atoms with E-state index in [4.69, 9.17) is 4.74 Å². The monoisotopic (exact) mass is 251 g/mol. The van der Waals surface area contributed by atoms with Gasteiger partial charge in [0.25, 0.3) is 0 Å². The molecule has 0 aromatic heterocycles. The second-order valence-electron chi connectivity index (χ2n) is 4.50. The maximum Gasteiger partial charge on any atom is 0.0603 e. The van der Waals surface area contributed by atoms with Gasteiger partial charge in [0.1, 0.15) is 0 Å². The fraction of sp³-hybridized carbons (Fsp3) is 0.571. The van der Waals surface area contributed by atoms with Crippen LogP contribution in [0.3, 0.4) is 0 Å². The molecule has 2 nitrogen and oxygen atoms in total. The third-order valence-electron chi connectivity index (χ3n) is 3.05. The largest absolute Gasteiger partial charge is 0.380 e. The van der Waals surface area contributed by atoms with E-state index in [0.717, 1.165) is 26.2 Å². The number of rotatable bonds is 4. The van der Waals surface area contributed by atoms with Crippen LogP contribution in [-0.2, 0) is 4.74 Å². The molecule has 0 radical (unpaired) electrons. The minimum Gasteiger partial charge on any atom is -0.380 e. The van der Waals surface area contributed by atoms with Crippen molar-refractivity contribution < 1.29 is 4.74 Å². The molecule has 1 fully saturated rings. The first kappa shape index (κ1) is 12.9. The van der Waals surface area contributed by atoms with Gasteiger partial charge in [0.15, 0.2) is 0 Å². The summed E-state index contributed by atoms with van der Waals surface area (Å²) in [5.74, 6) is 0. The van der Waals surface area contributed by atoms with Crippen LogP contribution in [0, 0.1) is 6.92 Å². The zero-order valence-electron chi connectivity index (χ0n) is 10.6. The number of aryl methyl sites for hydroxylation is 1. The van der Waals surface area contributed by atoms with Crippen molar-refractivity contribution in [2.45, 2.75) is 36.5 Å². The van der Waals surface area contributed by atoms with Crippen LogP contribution in [0.1, 0.15) is 18.9 Å². The molecule has 2 rings (SSSR count). The third-order valence-corrected chi connectivity index (χ3v) is 4.34. The van der Waals surface area contributed by atoms with Crippen LogP contribution in [0.5, 0.6) is 0 Å². The van der Waals surface area contributed by atoms with E-state index in [-0.39, 0.29) is 0 Å². The normalized spacial score (nSPS) is 24.8. The highest BCUT2D eigenvalue weighted by molar-refractivity contribution is 8.00. The standard InChI is InChI=1S/C14H21NOS/c1-3-15-13-7-8-16-10-14(13)17-12-6-4-5-11(2)9-12/h4-6,9,13-15H,3,7-8,10H2,1-2H3. The van der Waals surface area contributed by atoms with Crippen LogP contribution < -0.4 is 5.32 Å². The number of nitrogens with one attached hydrogen (secondary N) is 1. The second kappa shape index (κ2) is 6.43. The molecule has 1 N–H and O–H groups in total. The van der Waals surface area contributed by atoms with Crippen molar-refractivity contribution in [3.05, 3.63) is 29.8 Å². The second-order valence-corrected chi connectivity index (χ2v) is 5.81. The molecule has 1 aliphatic heterocycles. The minimum absolute atomic E-state index is 0.533. The Labute approximate surface area is 108 Å². The SMILES string of the molecule is CCNC1CCOCC1Sc1cccc(C)c1. The quantitative estimate of drug-likeness (QED) is 0.889. The Balaban J connectivity index is 2.00. The summed E-state index contributed by atoms with van der Waals surface area (Å²) in [7, 11) is 0. The Morgan fingerprint density at radius 2 is 2.35 bits per heavy atom. The predicted octanol–water partition coefficient (Wildman–Crippen LogP) is 2.85. The molecule has 94 valence electrons. The first-order valence-electron chi connectivity index (χ1n) is 6.34. The van der Waals surface area contributed by atoms with Crippen molar-refractivity contribution in [3.63, 3.8) is 0 Å². The summed E-state index contributed by atoms with van der Waals surface area (Å²) in [6, 6.07) is 9.30. The number of benzene rings is 1. The maximum absolute atomic E-state index is 5.60. The summed E-state index contributed by atoms with van der Waals surface area (Å²) in [6.07, 6.45) is 1.12. The van der Waals surface area contributed by atoms with E-state index in [0.29, 0.717) is 11.3 Å². The Kier molecular flexibility index (Phi) is 4.89. The lowest BCUT2D eigenvalue weighted by molar-refractivity contribution is 0.0837. The Morgan fingerprint density at radius 3 is 3.12 bits per heavy atom. The first-order chi connectivity index (χ1) is 8.29. The van der Waals surface area contributed by atoms with Crippen LogP contribution in [0.2, 0.25) is 0 Å². The number of ether oxygens (including phenoxy) is 1. The molecule has 0 saturated carbocycles. The van der Waals surface area contributed by atoms with Gasteiger partial charge >= 0.3 is 0 Å². The fourth-order valence-corrected chi connectivity index (χ4v) is 3.51. The van der Waals surface area contributed by atoms with Crippen molar-refractivity contribution in [1.29, 1.82) is 0 Å². The van der Waals surface area contributed by atoms with Crippen molar-refractivity contribution in [3.8, 4) is 0 Å². The van der Waals surface area contributed by atoms with E-state index >= 15 is 0 Å². The summed E-state index contributed by atoms with van der Waals surface area (Å²) in [4.78, 5) is 1.35. The summed E-state index contributed by atoms with van der Waals surface area (Å²) >= 11 is 1.94. The van der Waals surface area contributed by atoms with E-state index in [1.54, 1.807) is 0 Å². The van der Waals surface area contributed by atoms with Gasteiger partial charge < -0.3 is 10.1 Å². The number of hydrogen-bond donors (Lipinski definition) is 1. The lowest BCUT2D eigenvalue weighted by Crippen LogP contribution is -2.44. The summed E-state index contributed by atoms with van der Waals surface area (Å²) in [5, 5.41) is 4.10. The lowest BCUT2D eigenvalue weighted by atomic mass is 10.1. The predicted molar refractivity (Wildman–Crippen MR) is 73.7 cm³/mol. The Hall–Kier alpha value is -0.510. The molecule has 17 heavy (non-hydrogen) atoms. The average molecular weight is 251 g/mol.